The number of nitrogens with zero attached hydrogens (tertiary/aromatic N) is 2. The lowest BCUT2D eigenvalue weighted by molar-refractivity contribution is -0.688. The topological polar surface area (TPSA) is 90.1 Å². The minimum Gasteiger partial charge on any atom is -1.00 e. The largest absolute Gasteiger partial charge is 1.00 e. The number of halogens is 1. The van der Waals surface area contributed by atoms with Crippen molar-refractivity contribution >= 4 is 11.6 Å². The minimum atomic E-state index is -0.488. The number of rotatable bonds is 4. The second kappa shape index (κ2) is 6.63. The summed E-state index contributed by atoms with van der Waals surface area (Å²) in [5.74, 6) is -0.488. The van der Waals surface area contributed by atoms with Gasteiger partial charge in [-0.25, -0.2) is 0 Å². The molecule has 2 N–H and O–H groups in total. The number of nitro benzene ring substituents is 1. The lowest BCUT2D eigenvalue weighted by Crippen LogP contribution is -3.00. The van der Waals surface area contributed by atoms with Gasteiger partial charge in [0.1, 0.15) is 5.56 Å². The van der Waals surface area contributed by atoms with Crippen LogP contribution < -0.4 is 22.7 Å². The molecule has 104 valence electrons. The predicted molar refractivity (Wildman–Crippen MR) is 67.4 cm³/mol. The number of nitro groups is 1. The SMILES string of the molecule is NC(=O)c1ccc[n+](Cc2ccc([N+](=O)[O-])cc2)c1.[Cl-]. The van der Waals surface area contributed by atoms with Gasteiger partial charge in [0.25, 0.3) is 11.6 Å². The van der Waals surface area contributed by atoms with Crippen LogP contribution in [0.4, 0.5) is 5.69 Å². The van der Waals surface area contributed by atoms with Crippen molar-refractivity contribution in [2.75, 3.05) is 0 Å². The number of carbonyl (C=O) groups is 1. The molecule has 0 bridgehead atoms. The molecule has 0 saturated heterocycles. The van der Waals surface area contributed by atoms with Crippen LogP contribution in [0.5, 0.6) is 0 Å². The Morgan fingerprint density at radius 3 is 2.45 bits per heavy atom. The van der Waals surface area contributed by atoms with Crippen molar-refractivity contribution in [1.82, 2.24) is 0 Å². The summed E-state index contributed by atoms with van der Waals surface area (Å²) in [4.78, 5) is 21.2. The summed E-state index contributed by atoms with van der Waals surface area (Å²) in [5.41, 5.74) is 6.58. The van der Waals surface area contributed by atoms with E-state index < -0.39 is 10.8 Å². The lowest BCUT2D eigenvalue weighted by Gasteiger charge is -1.99. The van der Waals surface area contributed by atoms with Gasteiger partial charge in [-0.2, -0.15) is 4.57 Å². The fourth-order valence-corrected chi connectivity index (χ4v) is 1.70. The average Bonchev–Trinajstić information content (AvgIpc) is 2.39. The van der Waals surface area contributed by atoms with Crippen LogP contribution in [0.3, 0.4) is 0 Å². The Morgan fingerprint density at radius 1 is 1.25 bits per heavy atom. The molecule has 1 amide bonds. The van der Waals surface area contributed by atoms with Crippen LogP contribution >= 0.6 is 0 Å². The van der Waals surface area contributed by atoms with Crippen LogP contribution in [0.15, 0.2) is 48.8 Å². The Kier molecular flexibility index (Phi) is 5.16. The van der Waals surface area contributed by atoms with E-state index in [-0.39, 0.29) is 18.1 Å². The first-order chi connectivity index (χ1) is 9.06. The van der Waals surface area contributed by atoms with Crippen molar-refractivity contribution in [2.45, 2.75) is 6.54 Å². The third-order valence-electron chi connectivity index (χ3n) is 2.66. The molecule has 0 radical (unpaired) electrons. The first kappa shape index (κ1) is 15.6. The molecule has 0 spiro atoms. The molecular weight excluding hydrogens is 282 g/mol. The molecule has 0 aliphatic heterocycles. The smallest absolute Gasteiger partial charge is 0.269 e. The number of benzene rings is 1. The molecule has 2 rings (SSSR count). The van der Waals surface area contributed by atoms with Gasteiger partial charge >= 0.3 is 0 Å². The molecule has 6 nitrogen and oxygen atoms in total. The summed E-state index contributed by atoms with van der Waals surface area (Å²) in [7, 11) is 0. The molecule has 7 heteroatoms. The van der Waals surface area contributed by atoms with Gasteiger partial charge in [0.05, 0.1) is 4.92 Å². The van der Waals surface area contributed by atoms with E-state index in [1.165, 1.54) is 12.1 Å². The maximum Gasteiger partial charge on any atom is 0.269 e. The fourth-order valence-electron chi connectivity index (χ4n) is 1.70. The van der Waals surface area contributed by atoms with Gasteiger partial charge in [0.15, 0.2) is 18.9 Å². The van der Waals surface area contributed by atoms with E-state index in [4.69, 9.17) is 5.73 Å². The number of amides is 1. The molecule has 1 aromatic heterocycles. The highest BCUT2D eigenvalue weighted by atomic mass is 35.5. The van der Waals surface area contributed by atoms with Crippen LogP contribution in [-0.4, -0.2) is 10.8 Å². The van der Waals surface area contributed by atoms with Crippen LogP contribution in [0.1, 0.15) is 15.9 Å². The second-order valence-electron chi connectivity index (χ2n) is 4.05. The summed E-state index contributed by atoms with van der Waals surface area (Å²) in [6.07, 6.45) is 3.44. The molecule has 1 heterocycles. The summed E-state index contributed by atoms with van der Waals surface area (Å²) in [6.45, 7) is 0.513. The van der Waals surface area contributed by atoms with Gasteiger partial charge in [-0.3, -0.25) is 14.9 Å². The number of non-ortho nitro benzene ring substituents is 1. The number of pyridine rings is 1. The number of aromatic nitrogens is 1. The van der Waals surface area contributed by atoms with E-state index in [2.05, 4.69) is 0 Å². The normalized spacial score (nSPS) is 9.60. The minimum absolute atomic E-state index is 0. The first-order valence-electron chi connectivity index (χ1n) is 5.58. The van der Waals surface area contributed by atoms with Gasteiger partial charge in [0, 0.05) is 23.8 Å². The highest BCUT2D eigenvalue weighted by Crippen LogP contribution is 2.11. The van der Waals surface area contributed by atoms with Gasteiger partial charge in [-0.05, 0) is 18.2 Å². The molecule has 1 aromatic carbocycles. The van der Waals surface area contributed by atoms with Crippen molar-refractivity contribution in [1.29, 1.82) is 0 Å². The maximum absolute atomic E-state index is 11.1. The first-order valence-corrected chi connectivity index (χ1v) is 5.58. The second-order valence-corrected chi connectivity index (χ2v) is 4.05. The number of nitrogens with two attached hydrogens (primary N) is 1. The molecule has 0 aliphatic carbocycles. The number of primary amides is 1. The third kappa shape index (κ3) is 3.76. The van der Waals surface area contributed by atoms with Crippen LogP contribution in [0.25, 0.3) is 0 Å². The van der Waals surface area contributed by atoms with Gasteiger partial charge < -0.3 is 18.1 Å². The third-order valence-corrected chi connectivity index (χ3v) is 2.66. The van der Waals surface area contributed by atoms with E-state index in [0.717, 1.165) is 5.56 Å². The summed E-state index contributed by atoms with van der Waals surface area (Å²) in [6, 6.07) is 9.63. The highest BCUT2D eigenvalue weighted by Gasteiger charge is 2.09. The van der Waals surface area contributed by atoms with Crippen LogP contribution in [0.2, 0.25) is 0 Å². The fraction of sp³-hybridized carbons (Fsp3) is 0.0769. The molecular formula is C13H12ClN3O3. The lowest BCUT2D eigenvalue weighted by atomic mass is 10.2. The molecule has 0 atom stereocenters. The maximum atomic E-state index is 11.1. The number of carbonyl (C=O) groups excluding carboxylic acids is 1. The summed E-state index contributed by atoms with van der Waals surface area (Å²) >= 11 is 0. The van der Waals surface area contributed by atoms with E-state index in [1.807, 2.05) is 0 Å². The Morgan fingerprint density at radius 2 is 1.90 bits per heavy atom. The number of hydrogen-bond donors (Lipinski definition) is 1. The van der Waals surface area contributed by atoms with Gasteiger partial charge in [-0.1, -0.05) is 0 Å². The Labute approximate surface area is 121 Å². The molecule has 0 aliphatic rings. The highest BCUT2D eigenvalue weighted by molar-refractivity contribution is 5.92. The Bertz CT molecular complexity index is 629. The van der Waals surface area contributed by atoms with Crippen molar-refractivity contribution in [3.63, 3.8) is 0 Å². The zero-order valence-electron chi connectivity index (χ0n) is 10.4. The van der Waals surface area contributed by atoms with Crippen molar-refractivity contribution in [3.8, 4) is 0 Å². The quantitative estimate of drug-likeness (QED) is 0.403. The number of hydrogen-bond acceptors (Lipinski definition) is 3. The summed E-state index contributed by atoms with van der Waals surface area (Å²) < 4.78 is 1.79. The molecule has 0 unspecified atom stereocenters. The Hall–Kier alpha value is -2.47. The Balaban J connectivity index is 0.00000200. The predicted octanol–water partition coefficient (Wildman–Crippen LogP) is -1.97. The van der Waals surface area contributed by atoms with E-state index in [1.54, 1.807) is 41.2 Å². The van der Waals surface area contributed by atoms with Crippen molar-refractivity contribution < 1.29 is 26.7 Å². The van der Waals surface area contributed by atoms with E-state index in [0.29, 0.717) is 12.1 Å². The van der Waals surface area contributed by atoms with Crippen LogP contribution in [0, 0.1) is 10.1 Å². The molecule has 0 saturated carbocycles. The van der Waals surface area contributed by atoms with Crippen LogP contribution in [-0.2, 0) is 6.54 Å². The van der Waals surface area contributed by atoms with Gasteiger partial charge in [-0.15, -0.1) is 0 Å². The van der Waals surface area contributed by atoms with E-state index >= 15 is 0 Å². The van der Waals surface area contributed by atoms with Crippen molar-refractivity contribution in [2.24, 2.45) is 5.73 Å². The monoisotopic (exact) mass is 293 g/mol. The standard InChI is InChI=1S/C13H11N3O3.ClH/c14-13(17)11-2-1-7-15(9-11)8-10-3-5-12(6-4-10)16(18)19;/h1-7,9H,8H2,(H-,14,17);1H. The zero-order chi connectivity index (χ0) is 13.8. The molecule has 2 aromatic rings. The molecule has 0 fully saturated rings. The van der Waals surface area contributed by atoms with E-state index in [9.17, 15) is 14.9 Å². The van der Waals surface area contributed by atoms with Crippen molar-refractivity contribution in [3.05, 3.63) is 70.0 Å². The summed E-state index contributed by atoms with van der Waals surface area (Å²) in [5, 5.41) is 10.5. The zero-order valence-corrected chi connectivity index (χ0v) is 11.2. The molecule has 20 heavy (non-hydrogen) atoms. The average molecular weight is 294 g/mol. The van der Waals surface area contributed by atoms with Gasteiger partial charge in [0.2, 0.25) is 0 Å².